The maximum absolute atomic E-state index is 11.5. The summed E-state index contributed by atoms with van der Waals surface area (Å²) in [7, 11) is 0. The van der Waals surface area contributed by atoms with Gasteiger partial charge in [0.1, 0.15) is 5.75 Å². The highest BCUT2D eigenvalue weighted by Gasteiger charge is 2.16. The molecule has 4 heteroatoms. The first-order valence-corrected chi connectivity index (χ1v) is 8.05. The van der Waals surface area contributed by atoms with Crippen molar-refractivity contribution in [3.8, 4) is 5.75 Å². The summed E-state index contributed by atoms with van der Waals surface area (Å²) in [6.45, 7) is 13.5. The fraction of sp³-hybridized carbons (Fsp3) is 0.400. The van der Waals surface area contributed by atoms with Gasteiger partial charge < -0.3 is 10.4 Å². The molecule has 2 N–H and O–H groups in total. The average Bonchev–Trinajstić information content (AvgIpc) is 2.51. The van der Waals surface area contributed by atoms with Gasteiger partial charge >= 0.3 is 0 Å². The molecule has 130 valence electrons. The molecule has 0 spiro atoms. The molecular formula is C20H27NO3. The molecule has 1 amide bonds. The van der Waals surface area contributed by atoms with Gasteiger partial charge in [-0.2, -0.15) is 0 Å². The number of amides is 1. The Bertz CT molecular complexity index is 594. The van der Waals surface area contributed by atoms with Crippen LogP contribution in [0.5, 0.6) is 5.75 Å². The molecule has 1 aromatic rings. The van der Waals surface area contributed by atoms with E-state index >= 15 is 0 Å². The highest BCUT2D eigenvalue weighted by Crippen LogP contribution is 2.29. The predicted molar refractivity (Wildman–Crippen MR) is 96.8 cm³/mol. The zero-order chi connectivity index (χ0) is 18.3. The number of aromatic hydroxyl groups is 1. The third-order valence-corrected chi connectivity index (χ3v) is 3.57. The predicted octanol–water partition coefficient (Wildman–Crippen LogP) is 3.47. The van der Waals surface area contributed by atoms with Gasteiger partial charge in [-0.05, 0) is 41.5 Å². The Morgan fingerprint density at radius 3 is 2.33 bits per heavy atom. The van der Waals surface area contributed by atoms with E-state index in [0.29, 0.717) is 18.4 Å². The van der Waals surface area contributed by atoms with Gasteiger partial charge in [0.05, 0.1) is 0 Å². The summed E-state index contributed by atoms with van der Waals surface area (Å²) in [6.07, 6.45) is 4.06. The van der Waals surface area contributed by atoms with E-state index in [1.165, 1.54) is 12.2 Å². The van der Waals surface area contributed by atoms with Gasteiger partial charge in [-0.1, -0.05) is 46.1 Å². The summed E-state index contributed by atoms with van der Waals surface area (Å²) in [5.41, 5.74) is 2.53. The summed E-state index contributed by atoms with van der Waals surface area (Å²) >= 11 is 0. The third kappa shape index (κ3) is 6.41. The van der Waals surface area contributed by atoms with Crippen molar-refractivity contribution in [3.63, 3.8) is 0 Å². The Labute approximate surface area is 144 Å². The molecular weight excluding hydrogens is 302 g/mol. The van der Waals surface area contributed by atoms with Crippen molar-refractivity contribution in [2.75, 3.05) is 0 Å². The zero-order valence-electron chi connectivity index (χ0n) is 14.8. The molecule has 1 rings (SSSR count). The van der Waals surface area contributed by atoms with Crippen molar-refractivity contribution in [1.82, 2.24) is 5.32 Å². The van der Waals surface area contributed by atoms with Crippen molar-refractivity contribution in [2.24, 2.45) is 5.41 Å². The average molecular weight is 329 g/mol. The quantitative estimate of drug-likeness (QED) is 0.718. The van der Waals surface area contributed by atoms with E-state index < -0.39 is 0 Å². The van der Waals surface area contributed by atoms with Crippen LogP contribution in [0.3, 0.4) is 0 Å². The van der Waals surface area contributed by atoms with Gasteiger partial charge in [0, 0.05) is 18.5 Å². The number of aryl methyl sites for hydroxylation is 1. The minimum Gasteiger partial charge on any atom is -0.507 e. The maximum Gasteiger partial charge on any atom is 0.243 e. The van der Waals surface area contributed by atoms with Crippen molar-refractivity contribution in [2.45, 2.75) is 46.6 Å². The Morgan fingerprint density at radius 1 is 1.17 bits per heavy atom. The van der Waals surface area contributed by atoms with Crippen LogP contribution in [0.1, 0.15) is 43.9 Å². The summed E-state index contributed by atoms with van der Waals surface area (Å²) in [5.74, 6) is -0.218. The molecule has 0 saturated carbocycles. The van der Waals surface area contributed by atoms with Gasteiger partial charge in [0.15, 0.2) is 5.78 Å². The third-order valence-electron chi connectivity index (χ3n) is 3.57. The molecule has 0 fully saturated rings. The van der Waals surface area contributed by atoms with Crippen molar-refractivity contribution in [3.05, 3.63) is 54.1 Å². The molecule has 0 bridgehead atoms. The number of phenolic OH excluding ortho intramolecular Hbond substituents is 1. The minimum absolute atomic E-state index is 0.0582. The van der Waals surface area contributed by atoms with Crippen LogP contribution < -0.4 is 5.32 Å². The van der Waals surface area contributed by atoms with Crippen LogP contribution in [-0.4, -0.2) is 16.8 Å². The van der Waals surface area contributed by atoms with Crippen LogP contribution in [0.15, 0.2) is 37.4 Å². The maximum atomic E-state index is 11.5. The number of carbonyl (C=O) groups excluding carboxylic acids is 2. The Morgan fingerprint density at radius 2 is 1.79 bits per heavy atom. The highest BCUT2D eigenvalue weighted by molar-refractivity contribution is 5.89. The molecule has 1 aromatic carbocycles. The topological polar surface area (TPSA) is 66.4 Å². The monoisotopic (exact) mass is 329 g/mol. The molecule has 0 aliphatic heterocycles. The molecule has 0 heterocycles. The van der Waals surface area contributed by atoms with E-state index in [1.807, 2.05) is 12.1 Å². The van der Waals surface area contributed by atoms with Gasteiger partial charge in [-0.3, -0.25) is 9.59 Å². The molecule has 0 unspecified atom stereocenters. The first-order chi connectivity index (χ1) is 11.2. The number of hydrogen-bond donors (Lipinski definition) is 2. The second-order valence-electron chi connectivity index (χ2n) is 7.09. The summed E-state index contributed by atoms with van der Waals surface area (Å²) in [5, 5.41) is 13.2. The molecule has 0 aromatic heterocycles. The molecule has 0 radical (unpaired) electrons. The Hall–Kier alpha value is -2.36. The number of nitrogens with one attached hydrogen (secondary N) is 1. The number of phenols is 1. The number of carbonyl (C=O) groups is 2. The molecule has 4 nitrogen and oxygen atoms in total. The molecule has 0 aliphatic carbocycles. The van der Waals surface area contributed by atoms with E-state index in [-0.39, 0.29) is 29.4 Å². The lowest BCUT2D eigenvalue weighted by Gasteiger charge is -2.20. The van der Waals surface area contributed by atoms with E-state index in [2.05, 4.69) is 39.2 Å². The van der Waals surface area contributed by atoms with Crippen LogP contribution >= 0.6 is 0 Å². The number of hydrogen-bond acceptors (Lipinski definition) is 3. The van der Waals surface area contributed by atoms with Crippen LogP contribution in [0.25, 0.3) is 0 Å². The standard InChI is InChI=1S/C20H27NO3/c1-6-17(22)9-8-15-10-14(12-20(3,4)5)11-16(19(15)24)13-21-18(23)7-2/h6-7,10-11,24H,1-2,8-9,12-13H2,3-5H3,(H,21,23). The fourth-order valence-corrected chi connectivity index (χ4v) is 2.49. The normalized spacial score (nSPS) is 11.0. The van der Waals surface area contributed by atoms with Gasteiger partial charge in [-0.25, -0.2) is 0 Å². The van der Waals surface area contributed by atoms with Crippen LogP contribution in [0.4, 0.5) is 0 Å². The molecule has 24 heavy (non-hydrogen) atoms. The lowest BCUT2D eigenvalue weighted by molar-refractivity contribution is -0.116. The van der Waals surface area contributed by atoms with Crippen LogP contribution in [0.2, 0.25) is 0 Å². The van der Waals surface area contributed by atoms with E-state index in [9.17, 15) is 14.7 Å². The largest absolute Gasteiger partial charge is 0.507 e. The van der Waals surface area contributed by atoms with E-state index in [0.717, 1.165) is 17.5 Å². The SMILES string of the molecule is C=CC(=O)CCc1cc(CC(C)(C)C)cc(CNC(=O)C=C)c1O. The van der Waals surface area contributed by atoms with Crippen molar-refractivity contribution >= 4 is 11.7 Å². The van der Waals surface area contributed by atoms with Crippen LogP contribution in [0, 0.1) is 5.41 Å². The fourth-order valence-electron chi connectivity index (χ4n) is 2.49. The van der Waals surface area contributed by atoms with E-state index in [4.69, 9.17) is 0 Å². The van der Waals surface area contributed by atoms with Gasteiger partial charge in [0.25, 0.3) is 0 Å². The molecule has 0 atom stereocenters. The second kappa shape index (κ2) is 8.48. The zero-order valence-corrected chi connectivity index (χ0v) is 14.8. The second-order valence-corrected chi connectivity index (χ2v) is 7.09. The first-order valence-electron chi connectivity index (χ1n) is 8.05. The first kappa shape index (κ1) is 19.7. The summed E-state index contributed by atoms with van der Waals surface area (Å²) in [4.78, 5) is 22.9. The lowest BCUT2D eigenvalue weighted by atomic mass is 9.86. The molecule has 0 saturated heterocycles. The number of allylic oxidation sites excluding steroid dienone is 1. The Balaban J connectivity index is 3.12. The van der Waals surface area contributed by atoms with Crippen molar-refractivity contribution in [1.29, 1.82) is 0 Å². The Kier molecular flexibility index (Phi) is 6.96. The van der Waals surface area contributed by atoms with Gasteiger partial charge in [-0.15, -0.1) is 0 Å². The molecule has 0 aliphatic rings. The van der Waals surface area contributed by atoms with Crippen molar-refractivity contribution < 1.29 is 14.7 Å². The highest BCUT2D eigenvalue weighted by atomic mass is 16.3. The number of benzene rings is 1. The summed E-state index contributed by atoms with van der Waals surface area (Å²) < 4.78 is 0. The van der Waals surface area contributed by atoms with E-state index in [1.54, 1.807) is 0 Å². The van der Waals surface area contributed by atoms with Crippen LogP contribution in [-0.2, 0) is 29.0 Å². The number of rotatable bonds is 8. The lowest BCUT2D eigenvalue weighted by Crippen LogP contribution is -2.20. The number of ketones is 1. The summed E-state index contributed by atoms with van der Waals surface area (Å²) in [6, 6.07) is 3.85. The smallest absolute Gasteiger partial charge is 0.243 e. The minimum atomic E-state index is -0.293. The van der Waals surface area contributed by atoms with Gasteiger partial charge in [0.2, 0.25) is 5.91 Å².